The van der Waals surface area contributed by atoms with E-state index in [1.165, 1.54) is 51.4 Å². The summed E-state index contributed by atoms with van der Waals surface area (Å²) in [5.41, 5.74) is 0. The fraction of sp³-hybridized carbons (Fsp3) is 1.00. The van der Waals surface area contributed by atoms with Crippen molar-refractivity contribution < 1.29 is 4.70 Å². The van der Waals surface area contributed by atoms with E-state index in [-0.39, 0.29) is 33.1 Å². The molecule has 0 atom stereocenters. The lowest BCUT2D eigenvalue weighted by atomic mass is 10.0. The van der Waals surface area contributed by atoms with E-state index in [2.05, 4.69) is 0 Å². The second-order valence-electron chi connectivity index (χ2n) is 2.83. The topological polar surface area (TPSA) is 0 Å². The Morgan fingerprint density at radius 3 is 0.571 bits per heavy atom. The van der Waals surface area contributed by atoms with Crippen molar-refractivity contribution in [2.75, 3.05) is 0 Å². The monoisotopic (exact) mass is 228 g/mol. The number of rotatable bonds is 0. The summed E-state index contributed by atoms with van der Waals surface area (Å²) in [6, 6.07) is 0. The second kappa shape index (κ2) is 29.2. The molecule has 0 saturated heterocycles. The van der Waals surface area contributed by atoms with Crippen LogP contribution in [0, 0.1) is 0 Å². The molecule has 0 aromatic rings. The van der Waals surface area contributed by atoms with Crippen LogP contribution < -0.4 is 0 Å². The van der Waals surface area contributed by atoms with Crippen molar-refractivity contribution >= 4 is 13.5 Å². The minimum atomic E-state index is 0. The van der Waals surface area contributed by atoms with E-state index in [0.717, 1.165) is 0 Å². The van der Waals surface area contributed by atoms with Gasteiger partial charge in [0, 0.05) is 0 Å². The third-order valence-electron chi connectivity index (χ3n) is 2.00. The van der Waals surface area contributed by atoms with Gasteiger partial charge in [0.1, 0.15) is 0 Å². The zero-order chi connectivity index (χ0) is 7.66. The molecule has 0 radical (unpaired) electrons. The van der Waals surface area contributed by atoms with Crippen LogP contribution >= 0.6 is 13.5 Å². The SMILES string of the molecule is C.C.C1CCC1.C1CCC1.CC.F.S. The first-order valence-corrected chi connectivity index (χ1v) is 5.00. The molecule has 2 aliphatic carbocycles. The largest absolute Gasteiger partial charge is 0.269 e. The molecule has 2 saturated carbocycles. The molecule has 0 aromatic carbocycles. The summed E-state index contributed by atoms with van der Waals surface area (Å²) < 4.78 is 0. The van der Waals surface area contributed by atoms with E-state index in [1.54, 1.807) is 0 Å². The molecule has 14 heavy (non-hydrogen) atoms. The van der Waals surface area contributed by atoms with Crippen LogP contribution in [0.25, 0.3) is 0 Å². The van der Waals surface area contributed by atoms with E-state index in [4.69, 9.17) is 0 Å². The van der Waals surface area contributed by atoms with Crippen LogP contribution in [-0.2, 0) is 0 Å². The fourth-order valence-electron chi connectivity index (χ4n) is 0.500. The maximum absolute atomic E-state index is 2.00. The second-order valence-corrected chi connectivity index (χ2v) is 2.83. The molecular formula is C12H33FS. The Labute approximate surface area is 98.7 Å². The molecule has 0 nitrogen and oxygen atoms in total. The van der Waals surface area contributed by atoms with E-state index < -0.39 is 0 Å². The lowest BCUT2D eigenvalue weighted by Crippen LogP contribution is -1.85. The first-order valence-electron chi connectivity index (χ1n) is 5.00. The van der Waals surface area contributed by atoms with E-state index >= 15 is 0 Å². The third-order valence-corrected chi connectivity index (χ3v) is 2.00. The summed E-state index contributed by atoms with van der Waals surface area (Å²) in [7, 11) is 0. The van der Waals surface area contributed by atoms with Crippen molar-refractivity contribution in [3.05, 3.63) is 0 Å². The average Bonchev–Trinajstić information content (AvgIpc) is 1.59. The van der Waals surface area contributed by atoms with Gasteiger partial charge in [0.2, 0.25) is 0 Å². The minimum absolute atomic E-state index is 0. The maximum Gasteiger partial charge on any atom is -0.0533 e. The van der Waals surface area contributed by atoms with Crippen molar-refractivity contribution in [3.8, 4) is 0 Å². The van der Waals surface area contributed by atoms with E-state index in [0.29, 0.717) is 0 Å². The normalized spacial score (nSPS) is 14.1. The highest BCUT2D eigenvalue weighted by molar-refractivity contribution is 7.59. The Bertz CT molecular complexity index is 34.3. The Morgan fingerprint density at radius 2 is 0.571 bits per heavy atom. The molecule has 0 N–H and O–H groups in total. The summed E-state index contributed by atoms with van der Waals surface area (Å²) in [4.78, 5) is 0. The standard InChI is InChI=1S/2C4H8.C2H6.2CH4.FH.H2S/c2*1-2-4-3-1;1-2;;;;/h2*1-4H2;1-2H3;2*1H4;1H;1H2. The molecule has 0 heterocycles. The molecule has 0 aliphatic heterocycles. The highest BCUT2D eigenvalue weighted by atomic mass is 32.1. The van der Waals surface area contributed by atoms with Crippen molar-refractivity contribution in [2.45, 2.75) is 80.1 Å². The van der Waals surface area contributed by atoms with Crippen LogP contribution in [0.4, 0.5) is 4.70 Å². The molecule has 0 aromatic heterocycles. The summed E-state index contributed by atoms with van der Waals surface area (Å²) in [5, 5.41) is 0. The van der Waals surface area contributed by atoms with Gasteiger partial charge in [-0.2, -0.15) is 13.5 Å². The molecule has 0 unspecified atom stereocenters. The quantitative estimate of drug-likeness (QED) is 0.500. The maximum atomic E-state index is 2.00. The van der Waals surface area contributed by atoms with Crippen molar-refractivity contribution in [1.29, 1.82) is 0 Å². The van der Waals surface area contributed by atoms with Crippen LogP contribution in [0.15, 0.2) is 0 Å². The zero-order valence-corrected chi connectivity index (χ0v) is 9.57. The van der Waals surface area contributed by atoms with Gasteiger partial charge < -0.3 is 0 Å². The smallest absolute Gasteiger partial charge is 0.0533 e. The van der Waals surface area contributed by atoms with Crippen LogP contribution in [0.3, 0.4) is 0 Å². The lowest BCUT2D eigenvalue weighted by molar-refractivity contribution is 0.504. The first kappa shape index (κ1) is 29.2. The number of halogens is 1. The Hall–Kier alpha value is 0.280. The highest BCUT2D eigenvalue weighted by Crippen LogP contribution is 2.15. The zero-order valence-electron chi connectivity index (χ0n) is 8.57. The molecule has 0 amide bonds. The summed E-state index contributed by atoms with van der Waals surface area (Å²) in [6.07, 6.45) is 12.0. The molecule has 2 rings (SSSR count). The summed E-state index contributed by atoms with van der Waals surface area (Å²) in [6.45, 7) is 4.00. The molecule has 2 aliphatic rings. The Balaban J connectivity index is -0.0000000265. The van der Waals surface area contributed by atoms with Gasteiger partial charge in [-0.1, -0.05) is 80.1 Å². The predicted octanol–water partition coefficient (Wildman–Crippen LogP) is 5.68. The molecule has 0 spiro atoms. The van der Waals surface area contributed by atoms with Crippen LogP contribution in [0.5, 0.6) is 0 Å². The van der Waals surface area contributed by atoms with Crippen LogP contribution in [-0.4, -0.2) is 0 Å². The van der Waals surface area contributed by atoms with Gasteiger partial charge >= 0.3 is 0 Å². The molecule has 2 heteroatoms. The number of hydrogen-bond acceptors (Lipinski definition) is 0. The highest BCUT2D eigenvalue weighted by Gasteiger charge is 1.95. The van der Waals surface area contributed by atoms with E-state index in [1.807, 2.05) is 13.8 Å². The summed E-state index contributed by atoms with van der Waals surface area (Å²) in [5.74, 6) is 0. The van der Waals surface area contributed by atoms with E-state index in [9.17, 15) is 0 Å². The Morgan fingerprint density at radius 1 is 0.500 bits per heavy atom. The van der Waals surface area contributed by atoms with Gasteiger partial charge in [-0.15, -0.1) is 0 Å². The minimum Gasteiger partial charge on any atom is -0.269 e. The third kappa shape index (κ3) is 22.8. The van der Waals surface area contributed by atoms with Gasteiger partial charge in [-0.25, -0.2) is 0 Å². The first-order chi connectivity index (χ1) is 5.00. The lowest BCUT2D eigenvalue weighted by Gasteiger charge is -2.05. The van der Waals surface area contributed by atoms with Gasteiger partial charge in [-0.3, -0.25) is 4.70 Å². The predicted molar refractivity (Wildman–Crippen MR) is 74.6 cm³/mol. The fourth-order valence-corrected chi connectivity index (χ4v) is 0.500. The molecule has 0 bridgehead atoms. The average molecular weight is 228 g/mol. The van der Waals surface area contributed by atoms with Gasteiger partial charge in [0.05, 0.1) is 0 Å². The number of hydrogen-bond donors (Lipinski definition) is 0. The van der Waals surface area contributed by atoms with Crippen molar-refractivity contribution in [2.24, 2.45) is 0 Å². The summed E-state index contributed by atoms with van der Waals surface area (Å²) >= 11 is 0. The van der Waals surface area contributed by atoms with Crippen molar-refractivity contribution in [1.82, 2.24) is 0 Å². The molecular weight excluding hydrogens is 195 g/mol. The van der Waals surface area contributed by atoms with Gasteiger partial charge in [-0.05, 0) is 0 Å². The Kier molecular flexibility index (Phi) is 61.0. The van der Waals surface area contributed by atoms with Crippen LogP contribution in [0.1, 0.15) is 80.1 Å². The molecule has 94 valence electrons. The van der Waals surface area contributed by atoms with Gasteiger partial charge in [0.15, 0.2) is 0 Å². The van der Waals surface area contributed by atoms with Gasteiger partial charge in [0.25, 0.3) is 0 Å². The van der Waals surface area contributed by atoms with Crippen molar-refractivity contribution in [3.63, 3.8) is 0 Å². The van der Waals surface area contributed by atoms with Crippen LogP contribution in [0.2, 0.25) is 0 Å². The molecule has 2 fully saturated rings.